The minimum atomic E-state index is 0.201. The molecule has 2 unspecified atom stereocenters. The summed E-state index contributed by atoms with van der Waals surface area (Å²) in [4.78, 5) is 0. The first-order valence-electron chi connectivity index (χ1n) is 3.96. The summed E-state index contributed by atoms with van der Waals surface area (Å²) >= 11 is 0. The third kappa shape index (κ3) is 3.18. The van der Waals surface area contributed by atoms with Crippen LogP contribution in [0.3, 0.4) is 0 Å². The Morgan fingerprint density at radius 1 is 1.30 bits per heavy atom. The first-order valence-corrected chi connectivity index (χ1v) is 3.96. The minimum absolute atomic E-state index is 0.201. The van der Waals surface area contributed by atoms with Crippen LogP contribution in [-0.2, 0) is 0 Å². The van der Waals surface area contributed by atoms with Gasteiger partial charge in [0.1, 0.15) is 0 Å². The number of nitrogens with two attached hydrogens (primary N) is 1. The standard InChI is InChI=1S/C8H19NO/c1-6(2)8(4-5-10)7(3)9/h6-8,10H,4-5,9H2,1-3H3. The molecule has 0 aliphatic rings. The van der Waals surface area contributed by atoms with Crippen LogP contribution in [0.25, 0.3) is 0 Å². The van der Waals surface area contributed by atoms with E-state index in [0.717, 1.165) is 6.42 Å². The van der Waals surface area contributed by atoms with Gasteiger partial charge in [0.15, 0.2) is 0 Å². The van der Waals surface area contributed by atoms with Gasteiger partial charge in [-0.15, -0.1) is 0 Å². The predicted octanol–water partition coefficient (Wildman–Crippen LogP) is 0.988. The molecule has 2 nitrogen and oxygen atoms in total. The lowest BCUT2D eigenvalue weighted by Crippen LogP contribution is -2.31. The molecular weight excluding hydrogens is 126 g/mol. The topological polar surface area (TPSA) is 46.2 Å². The van der Waals surface area contributed by atoms with E-state index in [9.17, 15) is 0 Å². The lowest BCUT2D eigenvalue weighted by molar-refractivity contribution is 0.214. The Labute approximate surface area is 63.4 Å². The molecular formula is C8H19NO. The van der Waals surface area contributed by atoms with Crippen molar-refractivity contribution in [3.63, 3.8) is 0 Å². The van der Waals surface area contributed by atoms with Crippen LogP contribution in [0.5, 0.6) is 0 Å². The molecule has 0 aromatic rings. The van der Waals surface area contributed by atoms with Crippen molar-refractivity contribution in [1.82, 2.24) is 0 Å². The van der Waals surface area contributed by atoms with Gasteiger partial charge in [0.2, 0.25) is 0 Å². The summed E-state index contributed by atoms with van der Waals surface area (Å²) in [5.74, 6) is 1.04. The van der Waals surface area contributed by atoms with Crippen molar-refractivity contribution in [2.45, 2.75) is 33.2 Å². The Balaban J connectivity index is 3.73. The molecule has 62 valence electrons. The van der Waals surface area contributed by atoms with E-state index in [1.165, 1.54) is 0 Å². The van der Waals surface area contributed by atoms with Gasteiger partial charge in [-0.2, -0.15) is 0 Å². The van der Waals surface area contributed by atoms with Crippen LogP contribution < -0.4 is 5.73 Å². The van der Waals surface area contributed by atoms with Crippen LogP contribution in [0.15, 0.2) is 0 Å². The van der Waals surface area contributed by atoms with Gasteiger partial charge in [0, 0.05) is 12.6 Å². The molecule has 0 aliphatic heterocycles. The summed E-state index contributed by atoms with van der Waals surface area (Å²) in [6.45, 7) is 6.54. The molecule has 0 heterocycles. The second-order valence-electron chi connectivity index (χ2n) is 3.28. The fourth-order valence-corrected chi connectivity index (χ4v) is 1.35. The normalized spacial score (nSPS) is 17.4. The molecule has 0 saturated carbocycles. The van der Waals surface area contributed by atoms with Crippen LogP contribution in [0.4, 0.5) is 0 Å². The predicted molar refractivity (Wildman–Crippen MR) is 43.7 cm³/mol. The number of aliphatic hydroxyl groups is 1. The van der Waals surface area contributed by atoms with E-state index < -0.39 is 0 Å². The highest BCUT2D eigenvalue weighted by Crippen LogP contribution is 2.17. The van der Waals surface area contributed by atoms with Gasteiger partial charge in [-0.3, -0.25) is 0 Å². The van der Waals surface area contributed by atoms with E-state index in [2.05, 4.69) is 13.8 Å². The third-order valence-electron chi connectivity index (χ3n) is 1.99. The molecule has 0 fully saturated rings. The zero-order chi connectivity index (χ0) is 8.15. The van der Waals surface area contributed by atoms with Crippen molar-refractivity contribution in [3.05, 3.63) is 0 Å². The largest absolute Gasteiger partial charge is 0.396 e. The van der Waals surface area contributed by atoms with Crippen LogP contribution in [0, 0.1) is 11.8 Å². The Hall–Kier alpha value is -0.0800. The monoisotopic (exact) mass is 145 g/mol. The third-order valence-corrected chi connectivity index (χ3v) is 1.99. The second kappa shape index (κ2) is 4.69. The molecule has 2 heteroatoms. The molecule has 0 spiro atoms. The maximum absolute atomic E-state index is 8.68. The maximum atomic E-state index is 8.68. The van der Waals surface area contributed by atoms with Crippen LogP contribution in [0.2, 0.25) is 0 Å². The van der Waals surface area contributed by atoms with Crippen molar-refractivity contribution in [2.75, 3.05) is 6.61 Å². The summed E-state index contributed by atoms with van der Waals surface area (Å²) in [5, 5.41) is 8.68. The molecule has 0 aromatic heterocycles. The minimum Gasteiger partial charge on any atom is -0.396 e. The molecule has 3 N–H and O–H groups in total. The van der Waals surface area contributed by atoms with Crippen molar-refractivity contribution >= 4 is 0 Å². The Bertz CT molecular complexity index is 73.3. The van der Waals surface area contributed by atoms with Gasteiger partial charge in [-0.05, 0) is 25.2 Å². The average Bonchev–Trinajstić information content (AvgIpc) is 1.81. The van der Waals surface area contributed by atoms with E-state index in [1.54, 1.807) is 0 Å². The molecule has 2 atom stereocenters. The first-order chi connectivity index (χ1) is 4.59. The van der Waals surface area contributed by atoms with Gasteiger partial charge in [0.25, 0.3) is 0 Å². The lowest BCUT2D eigenvalue weighted by Gasteiger charge is -2.23. The van der Waals surface area contributed by atoms with Gasteiger partial charge in [-0.25, -0.2) is 0 Å². The molecule has 10 heavy (non-hydrogen) atoms. The molecule has 0 bridgehead atoms. The average molecular weight is 145 g/mol. The molecule has 0 aliphatic carbocycles. The zero-order valence-electron chi connectivity index (χ0n) is 7.17. The summed E-state index contributed by atoms with van der Waals surface area (Å²) < 4.78 is 0. The Kier molecular flexibility index (Phi) is 4.65. The fraction of sp³-hybridized carbons (Fsp3) is 1.00. The van der Waals surface area contributed by atoms with Gasteiger partial charge in [0.05, 0.1) is 0 Å². The Morgan fingerprint density at radius 2 is 1.80 bits per heavy atom. The maximum Gasteiger partial charge on any atom is 0.0434 e. The molecule has 0 aromatic carbocycles. The SMILES string of the molecule is CC(C)C(CCO)C(C)N. The summed E-state index contributed by atoms with van der Waals surface area (Å²) in [7, 11) is 0. The van der Waals surface area contributed by atoms with Crippen LogP contribution in [-0.4, -0.2) is 17.8 Å². The highest BCUT2D eigenvalue weighted by molar-refractivity contribution is 4.70. The molecule has 0 amide bonds. The van der Waals surface area contributed by atoms with Gasteiger partial charge in [-0.1, -0.05) is 13.8 Å². The summed E-state index contributed by atoms with van der Waals surface area (Å²) in [6.07, 6.45) is 0.829. The van der Waals surface area contributed by atoms with Crippen molar-refractivity contribution in [1.29, 1.82) is 0 Å². The van der Waals surface area contributed by atoms with Crippen molar-refractivity contribution < 1.29 is 5.11 Å². The van der Waals surface area contributed by atoms with Crippen molar-refractivity contribution in [3.8, 4) is 0 Å². The van der Waals surface area contributed by atoms with E-state index in [-0.39, 0.29) is 12.6 Å². The van der Waals surface area contributed by atoms with Gasteiger partial charge < -0.3 is 10.8 Å². The number of hydrogen-bond acceptors (Lipinski definition) is 2. The molecule has 0 saturated heterocycles. The smallest absolute Gasteiger partial charge is 0.0434 e. The highest BCUT2D eigenvalue weighted by Gasteiger charge is 2.16. The quantitative estimate of drug-likeness (QED) is 0.619. The highest BCUT2D eigenvalue weighted by atomic mass is 16.3. The number of rotatable bonds is 4. The molecule has 0 rings (SSSR count). The number of hydrogen-bond donors (Lipinski definition) is 2. The lowest BCUT2D eigenvalue weighted by atomic mass is 9.87. The van der Waals surface area contributed by atoms with E-state index in [4.69, 9.17) is 10.8 Å². The van der Waals surface area contributed by atoms with Crippen molar-refractivity contribution in [2.24, 2.45) is 17.6 Å². The van der Waals surface area contributed by atoms with Crippen LogP contribution in [0.1, 0.15) is 27.2 Å². The zero-order valence-corrected chi connectivity index (χ0v) is 7.17. The number of aliphatic hydroxyl groups excluding tert-OH is 1. The first kappa shape index (κ1) is 9.92. The second-order valence-corrected chi connectivity index (χ2v) is 3.28. The van der Waals surface area contributed by atoms with E-state index in [1.807, 2.05) is 6.92 Å². The van der Waals surface area contributed by atoms with Gasteiger partial charge >= 0.3 is 0 Å². The van der Waals surface area contributed by atoms with E-state index in [0.29, 0.717) is 11.8 Å². The van der Waals surface area contributed by atoms with E-state index >= 15 is 0 Å². The summed E-state index contributed by atoms with van der Waals surface area (Å²) in [6, 6.07) is 0.201. The summed E-state index contributed by atoms with van der Waals surface area (Å²) in [5.41, 5.74) is 5.71. The fourth-order valence-electron chi connectivity index (χ4n) is 1.35. The molecule has 0 radical (unpaired) electrons. The van der Waals surface area contributed by atoms with Crippen LogP contribution >= 0.6 is 0 Å². The Morgan fingerprint density at radius 3 is 1.90 bits per heavy atom.